The molecule has 1 aromatic rings. The van der Waals surface area contributed by atoms with E-state index in [2.05, 4.69) is 4.74 Å². The maximum Gasteiger partial charge on any atom is 0.387 e. The number of hydrogen-bond donors (Lipinski definition) is 0. The predicted molar refractivity (Wildman–Crippen MR) is 32.9 cm³/mol. The first kappa shape index (κ1) is 9.76. The highest BCUT2D eigenvalue weighted by atomic mass is 19.3. The molecular formula is C7H3F5O. The fourth-order valence-corrected chi connectivity index (χ4v) is 0.714. The molecule has 0 spiro atoms. The molecule has 0 aliphatic heterocycles. The van der Waals surface area contributed by atoms with Crippen LogP contribution in [-0.4, -0.2) is 6.61 Å². The second-order valence-corrected chi connectivity index (χ2v) is 2.08. The van der Waals surface area contributed by atoms with E-state index in [-0.39, 0.29) is 6.07 Å². The monoisotopic (exact) mass is 198 g/mol. The summed E-state index contributed by atoms with van der Waals surface area (Å²) in [6.07, 6.45) is 0. The largest absolute Gasteiger partial charge is 0.431 e. The van der Waals surface area contributed by atoms with Crippen molar-refractivity contribution < 1.29 is 26.7 Å². The van der Waals surface area contributed by atoms with Gasteiger partial charge >= 0.3 is 6.61 Å². The van der Waals surface area contributed by atoms with Crippen molar-refractivity contribution in [3.8, 4) is 5.75 Å². The Hall–Kier alpha value is -1.33. The summed E-state index contributed by atoms with van der Waals surface area (Å²) in [6, 6.07) is 0.568. The van der Waals surface area contributed by atoms with Crippen LogP contribution < -0.4 is 4.74 Å². The number of halogens is 5. The van der Waals surface area contributed by atoms with Gasteiger partial charge in [-0.1, -0.05) is 0 Å². The normalized spacial score (nSPS) is 10.6. The van der Waals surface area contributed by atoms with Gasteiger partial charge in [0, 0.05) is 12.1 Å². The molecule has 1 rings (SSSR count). The van der Waals surface area contributed by atoms with Gasteiger partial charge in [0.25, 0.3) is 0 Å². The SMILES string of the molecule is Fc1cc(F)c(F)c(OC(F)F)c1. The lowest BCUT2D eigenvalue weighted by Crippen LogP contribution is -2.05. The van der Waals surface area contributed by atoms with Crippen LogP contribution in [0.4, 0.5) is 22.0 Å². The Labute approximate surface area is 69.7 Å². The quantitative estimate of drug-likeness (QED) is 0.524. The molecule has 0 aliphatic carbocycles. The molecule has 0 unspecified atom stereocenters. The van der Waals surface area contributed by atoms with Gasteiger partial charge in [-0.2, -0.15) is 13.2 Å². The predicted octanol–water partition coefficient (Wildman–Crippen LogP) is 2.71. The molecule has 6 heteroatoms. The summed E-state index contributed by atoms with van der Waals surface area (Å²) in [5.41, 5.74) is 0. The van der Waals surface area contributed by atoms with Gasteiger partial charge in [-0.25, -0.2) is 8.78 Å². The lowest BCUT2D eigenvalue weighted by molar-refractivity contribution is -0.0527. The standard InChI is InChI=1S/C7H3F5O/c8-3-1-4(9)6(10)5(2-3)13-7(11)12/h1-2,7H. The van der Waals surface area contributed by atoms with Crippen molar-refractivity contribution in [1.29, 1.82) is 0 Å². The van der Waals surface area contributed by atoms with Gasteiger partial charge in [0.2, 0.25) is 5.82 Å². The molecule has 0 N–H and O–H groups in total. The summed E-state index contributed by atoms with van der Waals surface area (Å²) in [5, 5.41) is 0. The van der Waals surface area contributed by atoms with E-state index in [1.807, 2.05) is 0 Å². The average molecular weight is 198 g/mol. The summed E-state index contributed by atoms with van der Waals surface area (Å²) in [6.45, 7) is -3.32. The molecule has 0 fully saturated rings. The fourth-order valence-electron chi connectivity index (χ4n) is 0.714. The smallest absolute Gasteiger partial charge is 0.387 e. The van der Waals surface area contributed by atoms with E-state index in [1.165, 1.54) is 0 Å². The fraction of sp³-hybridized carbons (Fsp3) is 0.143. The highest BCUT2D eigenvalue weighted by Crippen LogP contribution is 2.22. The van der Waals surface area contributed by atoms with Gasteiger partial charge in [-0.05, 0) is 0 Å². The minimum atomic E-state index is -3.32. The van der Waals surface area contributed by atoms with Crippen LogP contribution >= 0.6 is 0 Å². The second kappa shape index (κ2) is 3.59. The Morgan fingerprint density at radius 1 is 1.08 bits per heavy atom. The van der Waals surface area contributed by atoms with Gasteiger partial charge in [0.05, 0.1) is 0 Å². The minimum Gasteiger partial charge on any atom is -0.431 e. The van der Waals surface area contributed by atoms with Crippen LogP contribution in [0.2, 0.25) is 0 Å². The third-order valence-electron chi connectivity index (χ3n) is 1.18. The molecule has 1 nitrogen and oxygen atoms in total. The van der Waals surface area contributed by atoms with E-state index in [1.54, 1.807) is 0 Å². The van der Waals surface area contributed by atoms with Crippen LogP contribution in [0, 0.1) is 17.5 Å². The molecule has 0 atom stereocenters. The van der Waals surface area contributed by atoms with E-state index >= 15 is 0 Å². The highest BCUT2D eigenvalue weighted by molar-refractivity contribution is 5.26. The van der Waals surface area contributed by atoms with Crippen LogP contribution in [-0.2, 0) is 0 Å². The zero-order valence-corrected chi connectivity index (χ0v) is 6.03. The number of alkyl halides is 2. The van der Waals surface area contributed by atoms with Crippen molar-refractivity contribution in [2.45, 2.75) is 6.61 Å². The van der Waals surface area contributed by atoms with Crippen molar-refractivity contribution in [3.63, 3.8) is 0 Å². The summed E-state index contributed by atoms with van der Waals surface area (Å²) in [5.74, 6) is -5.54. The molecule has 13 heavy (non-hydrogen) atoms. The summed E-state index contributed by atoms with van der Waals surface area (Å²) in [7, 11) is 0. The molecule has 0 bridgehead atoms. The average Bonchev–Trinajstić information content (AvgIpc) is 1.98. The first-order valence-corrected chi connectivity index (χ1v) is 3.10. The molecule has 1 aromatic carbocycles. The molecule has 0 radical (unpaired) electrons. The Morgan fingerprint density at radius 2 is 1.69 bits per heavy atom. The Balaban J connectivity index is 3.05. The molecule has 0 heterocycles. The van der Waals surface area contributed by atoms with Crippen molar-refractivity contribution >= 4 is 0 Å². The van der Waals surface area contributed by atoms with Crippen molar-refractivity contribution in [2.75, 3.05) is 0 Å². The molecule has 0 aromatic heterocycles. The van der Waals surface area contributed by atoms with E-state index in [0.717, 1.165) is 0 Å². The Morgan fingerprint density at radius 3 is 2.23 bits per heavy atom. The number of rotatable bonds is 2. The van der Waals surface area contributed by atoms with Crippen molar-refractivity contribution in [2.24, 2.45) is 0 Å². The number of hydrogen-bond acceptors (Lipinski definition) is 1. The van der Waals surface area contributed by atoms with Crippen LogP contribution in [0.3, 0.4) is 0 Å². The third-order valence-corrected chi connectivity index (χ3v) is 1.18. The maximum absolute atomic E-state index is 12.5. The Kier molecular flexibility index (Phi) is 2.69. The molecule has 0 saturated carbocycles. The summed E-state index contributed by atoms with van der Waals surface area (Å²) < 4.78 is 63.8. The lowest BCUT2D eigenvalue weighted by atomic mass is 10.3. The second-order valence-electron chi connectivity index (χ2n) is 2.08. The maximum atomic E-state index is 12.5. The summed E-state index contributed by atoms with van der Waals surface area (Å²) >= 11 is 0. The third kappa shape index (κ3) is 2.30. The van der Waals surface area contributed by atoms with E-state index < -0.39 is 29.8 Å². The van der Waals surface area contributed by atoms with Crippen LogP contribution in [0.15, 0.2) is 12.1 Å². The van der Waals surface area contributed by atoms with E-state index in [9.17, 15) is 22.0 Å². The zero-order valence-electron chi connectivity index (χ0n) is 6.03. The van der Waals surface area contributed by atoms with E-state index in [4.69, 9.17) is 0 Å². The molecule has 72 valence electrons. The van der Waals surface area contributed by atoms with E-state index in [0.29, 0.717) is 6.07 Å². The minimum absolute atomic E-state index is 0.230. The Bertz CT molecular complexity index is 312. The first-order valence-electron chi connectivity index (χ1n) is 3.10. The summed E-state index contributed by atoms with van der Waals surface area (Å²) in [4.78, 5) is 0. The van der Waals surface area contributed by atoms with Crippen molar-refractivity contribution in [3.05, 3.63) is 29.6 Å². The molecular weight excluding hydrogens is 195 g/mol. The first-order chi connectivity index (χ1) is 6.00. The van der Waals surface area contributed by atoms with Gasteiger partial charge in [-0.15, -0.1) is 0 Å². The lowest BCUT2D eigenvalue weighted by Gasteiger charge is -2.05. The van der Waals surface area contributed by atoms with Crippen LogP contribution in [0.1, 0.15) is 0 Å². The zero-order chi connectivity index (χ0) is 10.0. The van der Waals surface area contributed by atoms with Gasteiger partial charge in [0.15, 0.2) is 11.6 Å². The van der Waals surface area contributed by atoms with Gasteiger partial charge in [-0.3, -0.25) is 0 Å². The topological polar surface area (TPSA) is 9.23 Å². The van der Waals surface area contributed by atoms with Gasteiger partial charge < -0.3 is 4.74 Å². The molecule has 0 saturated heterocycles. The number of ether oxygens (including phenoxy) is 1. The highest BCUT2D eigenvalue weighted by Gasteiger charge is 2.15. The number of benzene rings is 1. The molecule has 0 amide bonds. The van der Waals surface area contributed by atoms with Gasteiger partial charge in [0.1, 0.15) is 5.82 Å². The van der Waals surface area contributed by atoms with Crippen LogP contribution in [0.5, 0.6) is 5.75 Å². The molecule has 0 aliphatic rings. The van der Waals surface area contributed by atoms with Crippen molar-refractivity contribution in [1.82, 2.24) is 0 Å². The van der Waals surface area contributed by atoms with Crippen LogP contribution in [0.25, 0.3) is 0 Å².